The highest BCUT2D eigenvalue weighted by Crippen LogP contribution is 2.25. The molecule has 0 saturated carbocycles. The van der Waals surface area contributed by atoms with Crippen molar-refractivity contribution in [3.63, 3.8) is 0 Å². The molecule has 0 heterocycles. The van der Waals surface area contributed by atoms with Gasteiger partial charge in [-0.2, -0.15) is 12.8 Å². The molecule has 1 aliphatic rings. The van der Waals surface area contributed by atoms with Crippen molar-refractivity contribution < 1.29 is 23.1 Å². The summed E-state index contributed by atoms with van der Waals surface area (Å²) in [5, 5.41) is 12.5. The lowest BCUT2D eigenvalue weighted by Crippen LogP contribution is -2.22. The Kier molecular flexibility index (Phi) is 5.65. The van der Waals surface area contributed by atoms with Gasteiger partial charge in [0.1, 0.15) is 0 Å². The highest BCUT2D eigenvalue weighted by molar-refractivity contribution is 7.90. The van der Waals surface area contributed by atoms with Crippen molar-refractivity contribution in [2.75, 3.05) is 5.32 Å². The van der Waals surface area contributed by atoms with Crippen LogP contribution in [-0.2, 0) is 10.0 Å². The standard InChI is InChI=1S/C23H15ClN2O5S/c24-15-7-9-16(10-8-15)25-21-13-20(18-3-1-2-4-19(18)22(21)27)26-32(30,31)17-11-5-14(6-12-17)23(28)29/h1-13,25H,(H,28,29)/b26-20-. The minimum absolute atomic E-state index is 0.0421. The Bertz CT molecular complexity index is 1390. The number of halogens is 1. The molecule has 0 radical (unpaired) electrons. The first-order valence-electron chi connectivity index (χ1n) is 9.31. The molecule has 4 rings (SSSR count). The van der Waals surface area contributed by atoms with Crippen LogP contribution in [-0.4, -0.2) is 31.0 Å². The van der Waals surface area contributed by atoms with E-state index in [1.807, 2.05) is 0 Å². The molecule has 3 aromatic rings. The molecule has 0 aliphatic heterocycles. The number of ketones is 1. The van der Waals surface area contributed by atoms with E-state index < -0.39 is 16.0 Å². The molecule has 32 heavy (non-hydrogen) atoms. The van der Waals surface area contributed by atoms with E-state index in [-0.39, 0.29) is 27.7 Å². The maximum Gasteiger partial charge on any atom is 0.335 e. The number of nitrogens with zero attached hydrogens (tertiary/aromatic N) is 1. The van der Waals surface area contributed by atoms with E-state index in [1.54, 1.807) is 48.5 Å². The molecule has 7 nitrogen and oxygen atoms in total. The summed E-state index contributed by atoms with van der Waals surface area (Å²) >= 11 is 5.90. The van der Waals surface area contributed by atoms with Crippen LogP contribution >= 0.6 is 11.6 Å². The van der Waals surface area contributed by atoms with Crippen molar-refractivity contribution in [1.82, 2.24) is 0 Å². The molecule has 0 saturated heterocycles. The Morgan fingerprint density at radius 2 is 1.53 bits per heavy atom. The number of aromatic carboxylic acids is 1. The number of hydrogen-bond acceptors (Lipinski definition) is 5. The van der Waals surface area contributed by atoms with E-state index in [4.69, 9.17) is 16.7 Å². The second kappa shape index (κ2) is 8.41. The fourth-order valence-corrected chi connectivity index (χ4v) is 4.26. The zero-order chi connectivity index (χ0) is 22.9. The zero-order valence-corrected chi connectivity index (χ0v) is 17.9. The van der Waals surface area contributed by atoms with Crippen molar-refractivity contribution >= 4 is 44.8 Å². The fourth-order valence-electron chi connectivity index (χ4n) is 3.14. The summed E-state index contributed by atoms with van der Waals surface area (Å²) in [6.07, 6.45) is 1.38. The number of carbonyl (C=O) groups excluding carboxylic acids is 1. The number of hydrogen-bond donors (Lipinski definition) is 2. The first-order valence-corrected chi connectivity index (χ1v) is 11.1. The first-order chi connectivity index (χ1) is 15.2. The molecule has 0 fully saturated rings. The van der Waals surface area contributed by atoms with Crippen LogP contribution in [0.5, 0.6) is 0 Å². The molecule has 0 aromatic heterocycles. The summed E-state index contributed by atoms with van der Waals surface area (Å²) in [5.41, 5.74) is 1.48. The minimum Gasteiger partial charge on any atom is -0.478 e. The van der Waals surface area contributed by atoms with Crippen LogP contribution in [0.15, 0.2) is 93.9 Å². The maximum atomic E-state index is 13.0. The highest BCUT2D eigenvalue weighted by Gasteiger charge is 2.26. The summed E-state index contributed by atoms with van der Waals surface area (Å²) in [6.45, 7) is 0. The predicted octanol–water partition coefficient (Wildman–Crippen LogP) is 4.41. The van der Waals surface area contributed by atoms with Gasteiger partial charge in [0.25, 0.3) is 10.0 Å². The molecule has 160 valence electrons. The molecule has 0 unspecified atom stereocenters. The van der Waals surface area contributed by atoms with Crippen molar-refractivity contribution in [2.45, 2.75) is 4.90 Å². The van der Waals surface area contributed by atoms with E-state index >= 15 is 0 Å². The average molecular weight is 467 g/mol. The largest absolute Gasteiger partial charge is 0.478 e. The normalized spacial score (nSPS) is 14.6. The van der Waals surface area contributed by atoms with Crippen LogP contribution in [0, 0.1) is 0 Å². The summed E-state index contributed by atoms with van der Waals surface area (Å²) in [5.74, 6) is -1.47. The predicted molar refractivity (Wildman–Crippen MR) is 121 cm³/mol. The molecule has 0 amide bonds. The third kappa shape index (κ3) is 4.32. The summed E-state index contributed by atoms with van der Waals surface area (Å²) in [4.78, 5) is 23.8. The van der Waals surface area contributed by atoms with Gasteiger partial charge in [-0.1, -0.05) is 35.9 Å². The van der Waals surface area contributed by atoms with Crippen molar-refractivity contribution in [1.29, 1.82) is 0 Å². The third-order valence-electron chi connectivity index (χ3n) is 4.71. The lowest BCUT2D eigenvalue weighted by Gasteiger charge is -2.18. The van der Waals surface area contributed by atoms with E-state index in [9.17, 15) is 18.0 Å². The van der Waals surface area contributed by atoms with E-state index in [2.05, 4.69) is 9.71 Å². The van der Waals surface area contributed by atoms with Crippen LogP contribution < -0.4 is 5.32 Å². The van der Waals surface area contributed by atoms with Gasteiger partial charge in [0.15, 0.2) is 0 Å². The molecule has 2 N–H and O–H groups in total. The number of carboxylic acid groups (broad SMARTS) is 1. The van der Waals surface area contributed by atoms with Gasteiger partial charge in [-0.25, -0.2) is 4.79 Å². The van der Waals surface area contributed by atoms with Crippen molar-refractivity contribution in [3.8, 4) is 0 Å². The average Bonchev–Trinajstić information content (AvgIpc) is 2.78. The van der Waals surface area contributed by atoms with Gasteiger partial charge >= 0.3 is 5.97 Å². The topological polar surface area (TPSA) is 113 Å². The van der Waals surface area contributed by atoms with Crippen LogP contribution in [0.2, 0.25) is 5.02 Å². The molecule has 3 aromatic carbocycles. The van der Waals surface area contributed by atoms with E-state index in [0.29, 0.717) is 21.8 Å². The lowest BCUT2D eigenvalue weighted by molar-refractivity contribution is 0.0696. The van der Waals surface area contributed by atoms with Gasteiger partial charge in [0, 0.05) is 21.8 Å². The minimum atomic E-state index is -4.17. The van der Waals surface area contributed by atoms with Crippen LogP contribution in [0.3, 0.4) is 0 Å². The van der Waals surface area contributed by atoms with Crippen molar-refractivity contribution in [2.24, 2.45) is 4.40 Å². The fraction of sp³-hybridized carbons (Fsp3) is 0. The number of allylic oxidation sites excluding steroid dienone is 2. The second-order valence-corrected chi connectivity index (χ2v) is 8.89. The zero-order valence-electron chi connectivity index (χ0n) is 16.3. The monoisotopic (exact) mass is 466 g/mol. The molecular formula is C23H15ClN2O5S. The highest BCUT2D eigenvalue weighted by atomic mass is 35.5. The Morgan fingerprint density at radius 1 is 0.906 bits per heavy atom. The SMILES string of the molecule is O=C(O)c1ccc(S(=O)(=O)/N=C2/C=C(Nc3ccc(Cl)cc3)C(=O)c3ccccc32)cc1. The van der Waals surface area contributed by atoms with E-state index in [1.165, 1.54) is 30.3 Å². The second-order valence-electron chi connectivity index (χ2n) is 6.85. The Balaban J connectivity index is 1.78. The number of Topliss-reactive ketones (excluding diaryl/α,β-unsaturated/α-hetero) is 1. The summed E-state index contributed by atoms with van der Waals surface area (Å²) in [6, 6.07) is 18.0. The maximum absolute atomic E-state index is 13.0. The number of carbonyl (C=O) groups is 2. The quantitative estimate of drug-likeness (QED) is 0.576. The molecule has 0 atom stereocenters. The number of anilines is 1. The third-order valence-corrected chi connectivity index (χ3v) is 6.27. The van der Waals surface area contributed by atoms with Gasteiger partial charge in [0.2, 0.25) is 5.78 Å². The number of rotatable bonds is 5. The van der Waals surface area contributed by atoms with Crippen LogP contribution in [0.4, 0.5) is 5.69 Å². The Labute approximate surface area is 188 Å². The number of benzene rings is 3. The van der Waals surface area contributed by atoms with Gasteiger partial charge < -0.3 is 10.4 Å². The molecule has 1 aliphatic carbocycles. The van der Waals surface area contributed by atoms with Crippen molar-refractivity contribution in [3.05, 3.63) is 106 Å². The number of sulfonamides is 1. The number of fused-ring (bicyclic) bond motifs is 1. The number of carboxylic acids is 1. The first kappa shape index (κ1) is 21.5. The summed E-state index contributed by atoms with van der Waals surface area (Å²) < 4.78 is 29.7. The van der Waals surface area contributed by atoms with Gasteiger partial charge in [-0.05, 0) is 54.6 Å². The molecule has 9 heteroatoms. The van der Waals surface area contributed by atoms with Gasteiger partial charge in [-0.15, -0.1) is 0 Å². The Morgan fingerprint density at radius 3 is 2.16 bits per heavy atom. The van der Waals surface area contributed by atoms with Gasteiger partial charge in [-0.3, -0.25) is 4.79 Å². The van der Waals surface area contributed by atoms with E-state index in [0.717, 1.165) is 0 Å². The smallest absolute Gasteiger partial charge is 0.335 e. The number of nitrogens with one attached hydrogen (secondary N) is 1. The molecule has 0 bridgehead atoms. The Hall–Kier alpha value is -3.75. The molecular weight excluding hydrogens is 452 g/mol. The molecule has 0 spiro atoms. The lowest BCUT2D eigenvalue weighted by atomic mass is 9.92. The van der Waals surface area contributed by atoms with Gasteiger partial charge in [0.05, 0.1) is 21.9 Å². The van der Waals surface area contributed by atoms with Crippen LogP contribution in [0.25, 0.3) is 0 Å². The summed E-state index contributed by atoms with van der Waals surface area (Å²) in [7, 11) is -4.17. The van der Waals surface area contributed by atoms with Crippen LogP contribution in [0.1, 0.15) is 26.3 Å².